The van der Waals surface area contributed by atoms with E-state index in [1.165, 1.54) is 4.57 Å². The molecule has 0 aliphatic heterocycles. The van der Waals surface area contributed by atoms with Crippen molar-refractivity contribution in [2.24, 2.45) is 0 Å². The molecule has 1 aromatic heterocycles. The fourth-order valence-electron chi connectivity index (χ4n) is 2.99. The van der Waals surface area contributed by atoms with E-state index in [9.17, 15) is 9.59 Å². The lowest BCUT2D eigenvalue weighted by Gasteiger charge is -2.14. The number of nitrogens with zero attached hydrogens (tertiary/aromatic N) is 1. The molecule has 0 bridgehead atoms. The number of hydrogen-bond acceptors (Lipinski definition) is 3. The van der Waals surface area contributed by atoms with Gasteiger partial charge in [-0.3, -0.25) is 14.2 Å². The number of aromatic amines is 1. The number of para-hydroxylation sites is 1. The molecule has 0 aliphatic rings. The standard InChI is InChI=1S/C20H20BrN3O2S/c1-13(12-14-6-8-15(21)9-7-14)22-18(25)10-11-24-19(26)16-4-2-3-5-17(16)23-20(24)27/h2-9,13H,10-12H2,1H3,(H,22,25)(H,23,27). The molecule has 0 saturated carbocycles. The molecule has 1 heterocycles. The average Bonchev–Trinajstić information content (AvgIpc) is 2.63. The fourth-order valence-corrected chi connectivity index (χ4v) is 3.54. The first-order valence-corrected chi connectivity index (χ1v) is 9.90. The van der Waals surface area contributed by atoms with Crippen molar-refractivity contribution in [1.82, 2.24) is 14.9 Å². The van der Waals surface area contributed by atoms with Crippen molar-refractivity contribution in [1.29, 1.82) is 0 Å². The highest BCUT2D eigenvalue weighted by atomic mass is 79.9. The molecular weight excluding hydrogens is 426 g/mol. The Morgan fingerprint density at radius 1 is 1.22 bits per heavy atom. The van der Waals surface area contributed by atoms with E-state index >= 15 is 0 Å². The molecule has 27 heavy (non-hydrogen) atoms. The van der Waals surface area contributed by atoms with E-state index in [0.29, 0.717) is 15.7 Å². The van der Waals surface area contributed by atoms with Gasteiger partial charge in [0.2, 0.25) is 5.91 Å². The van der Waals surface area contributed by atoms with Crippen LogP contribution in [0.15, 0.2) is 57.8 Å². The molecule has 0 fully saturated rings. The molecule has 0 radical (unpaired) electrons. The summed E-state index contributed by atoms with van der Waals surface area (Å²) in [6.07, 6.45) is 0.940. The van der Waals surface area contributed by atoms with Gasteiger partial charge in [0.15, 0.2) is 4.77 Å². The summed E-state index contributed by atoms with van der Waals surface area (Å²) in [6, 6.07) is 15.2. The molecular formula is C20H20BrN3O2S. The van der Waals surface area contributed by atoms with Gasteiger partial charge in [-0.15, -0.1) is 0 Å². The van der Waals surface area contributed by atoms with Crippen LogP contribution in [0.2, 0.25) is 0 Å². The van der Waals surface area contributed by atoms with Crippen LogP contribution in [0.5, 0.6) is 0 Å². The van der Waals surface area contributed by atoms with E-state index in [-0.39, 0.29) is 30.5 Å². The van der Waals surface area contributed by atoms with Gasteiger partial charge in [-0.1, -0.05) is 40.2 Å². The highest BCUT2D eigenvalue weighted by Crippen LogP contribution is 2.12. The molecule has 3 aromatic rings. The van der Waals surface area contributed by atoms with Crippen LogP contribution < -0.4 is 10.9 Å². The van der Waals surface area contributed by atoms with Crippen molar-refractivity contribution in [2.45, 2.75) is 32.4 Å². The third-order valence-corrected chi connectivity index (χ3v) is 5.17. The zero-order valence-electron chi connectivity index (χ0n) is 14.9. The number of hydrogen-bond donors (Lipinski definition) is 2. The van der Waals surface area contributed by atoms with Crippen molar-refractivity contribution in [3.05, 3.63) is 73.7 Å². The summed E-state index contributed by atoms with van der Waals surface area (Å²) in [6.45, 7) is 2.21. The molecule has 3 rings (SSSR count). The largest absolute Gasteiger partial charge is 0.353 e. The van der Waals surface area contributed by atoms with E-state index in [2.05, 4.69) is 26.2 Å². The monoisotopic (exact) mass is 445 g/mol. The number of aromatic nitrogens is 2. The number of halogens is 1. The molecule has 0 aliphatic carbocycles. The van der Waals surface area contributed by atoms with E-state index in [1.807, 2.05) is 49.4 Å². The SMILES string of the molecule is CC(Cc1ccc(Br)cc1)NC(=O)CCn1c(=S)[nH]c2ccccc2c1=O. The molecule has 140 valence electrons. The predicted molar refractivity (Wildman–Crippen MR) is 113 cm³/mol. The molecule has 1 atom stereocenters. The van der Waals surface area contributed by atoms with Crippen molar-refractivity contribution >= 4 is 45.0 Å². The maximum absolute atomic E-state index is 12.6. The minimum absolute atomic E-state index is 0.00142. The second kappa shape index (κ2) is 8.63. The molecule has 7 heteroatoms. The van der Waals surface area contributed by atoms with Crippen molar-refractivity contribution < 1.29 is 4.79 Å². The smallest absolute Gasteiger partial charge is 0.262 e. The van der Waals surface area contributed by atoms with E-state index < -0.39 is 0 Å². The van der Waals surface area contributed by atoms with Gasteiger partial charge in [-0.2, -0.15) is 0 Å². The minimum atomic E-state index is -0.176. The van der Waals surface area contributed by atoms with Crippen LogP contribution in [0.3, 0.4) is 0 Å². The lowest BCUT2D eigenvalue weighted by Crippen LogP contribution is -2.35. The zero-order valence-corrected chi connectivity index (χ0v) is 17.3. The zero-order chi connectivity index (χ0) is 19.4. The van der Waals surface area contributed by atoms with E-state index in [1.54, 1.807) is 6.07 Å². The van der Waals surface area contributed by atoms with E-state index in [0.717, 1.165) is 16.5 Å². The lowest BCUT2D eigenvalue weighted by molar-refractivity contribution is -0.121. The first-order chi connectivity index (χ1) is 12.9. The minimum Gasteiger partial charge on any atom is -0.353 e. The highest BCUT2D eigenvalue weighted by Gasteiger charge is 2.11. The van der Waals surface area contributed by atoms with Crippen LogP contribution >= 0.6 is 28.1 Å². The Labute approximate surface area is 170 Å². The van der Waals surface area contributed by atoms with Crippen LogP contribution in [0.25, 0.3) is 10.9 Å². The Kier molecular flexibility index (Phi) is 6.23. The van der Waals surface area contributed by atoms with Gasteiger partial charge in [0.05, 0.1) is 10.9 Å². The second-order valence-corrected chi connectivity index (χ2v) is 7.78. The number of fused-ring (bicyclic) bond motifs is 1. The van der Waals surface area contributed by atoms with Crippen molar-refractivity contribution in [3.63, 3.8) is 0 Å². The number of nitrogens with one attached hydrogen (secondary N) is 2. The Balaban J connectivity index is 1.62. The number of rotatable bonds is 6. The maximum Gasteiger partial charge on any atom is 0.262 e. The Morgan fingerprint density at radius 3 is 2.67 bits per heavy atom. The van der Waals surface area contributed by atoms with Gasteiger partial charge >= 0.3 is 0 Å². The summed E-state index contributed by atoms with van der Waals surface area (Å²) in [5, 5.41) is 3.54. The first-order valence-electron chi connectivity index (χ1n) is 8.69. The molecule has 5 nitrogen and oxygen atoms in total. The average molecular weight is 446 g/mol. The van der Waals surface area contributed by atoms with Crippen LogP contribution in [0, 0.1) is 4.77 Å². The fraction of sp³-hybridized carbons (Fsp3) is 0.250. The van der Waals surface area contributed by atoms with Gasteiger partial charge in [0, 0.05) is 23.5 Å². The summed E-state index contributed by atoms with van der Waals surface area (Å²) >= 11 is 8.69. The van der Waals surface area contributed by atoms with Gasteiger partial charge in [0.25, 0.3) is 5.56 Å². The number of carbonyl (C=O) groups excluding carboxylic acids is 1. The Hall–Kier alpha value is -2.25. The van der Waals surface area contributed by atoms with Crippen molar-refractivity contribution in [3.8, 4) is 0 Å². The second-order valence-electron chi connectivity index (χ2n) is 6.48. The van der Waals surface area contributed by atoms with E-state index in [4.69, 9.17) is 12.2 Å². The summed E-state index contributed by atoms with van der Waals surface area (Å²) in [7, 11) is 0. The summed E-state index contributed by atoms with van der Waals surface area (Å²) < 4.78 is 2.80. The number of H-pyrrole nitrogens is 1. The van der Waals surface area contributed by atoms with Gasteiger partial charge in [-0.25, -0.2) is 0 Å². The topological polar surface area (TPSA) is 66.9 Å². The summed E-state index contributed by atoms with van der Waals surface area (Å²) in [5.74, 6) is -0.103. The van der Waals surface area contributed by atoms with Crippen LogP contribution in [0.1, 0.15) is 18.9 Å². The number of amides is 1. The lowest BCUT2D eigenvalue weighted by atomic mass is 10.1. The van der Waals surface area contributed by atoms with Gasteiger partial charge < -0.3 is 10.3 Å². The Bertz CT molecular complexity index is 1070. The van der Waals surface area contributed by atoms with Crippen LogP contribution in [-0.2, 0) is 17.8 Å². The van der Waals surface area contributed by atoms with Crippen LogP contribution in [0.4, 0.5) is 0 Å². The number of benzene rings is 2. The molecule has 1 unspecified atom stereocenters. The van der Waals surface area contributed by atoms with Gasteiger partial charge in [0.1, 0.15) is 0 Å². The third-order valence-electron chi connectivity index (χ3n) is 4.31. The van der Waals surface area contributed by atoms with Gasteiger partial charge in [-0.05, 0) is 55.4 Å². The highest BCUT2D eigenvalue weighted by molar-refractivity contribution is 9.10. The molecule has 2 N–H and O–H groups in total. The molecule has 1 amide bonds. The molecule has 0 spiro atoms. The molecule has 2 aromatic carbocycles. The maximum atomic E-state index is 12.6. The third kappa shape index (κ3) is 4.93. The first kappa shape index (κ1) is 19.5. The Morgan fingerprint density at radius 2 is 1.93 bits per heavy atom. The quantitative estimate of drug-likeness (QED) is 0.564. The normalized spacial score (nSPS) is 12.1. The molecule has 0 saturated heterocycles. The summed E-state index contributed by atoms with van der Waals surface area (Å²) in [4.78, 5) is 27.9. The van der Waals surface area contributed by atoms with Crippen molar-refractivity contribution in [2.75, 3.05) is 0 Å². The van der Waals surface area contributed by atoms with Crippen LogP contribution in [-0.4, -0.2) is 21.5 Å². The summed E-state index contributed by atoms with van der Waals surface area (Å²) in [5.41, 5.74) is 1.68. The predicted octanol–water partition coefficient (Wildman–Crippen LogP) is 3.96. The number of carbonyl (C=O) groups is 1.